The van der Waals surface area contributed by atoms with Crippen LogP contribution < -0.4 is 5.32 Å². The first-order valence-electron chi connectivity index (χ1n) is 11.5. The Kier molecular flexibility index (Phi) is 9.03. The first-order chi connectivity index (χ1) is 15.9. The lowest BCUT2D eigenvalue weighted by molar-refractivity contribution is -0.148. The van der Waals surface area contributed by atoms with Crippen molar-refractivity contribution in [3.63, 3.8) is 0 Å². The van der Waals surface area contributed by atoms with E-state index in [4.69, 9.17) is 4.74 Å². The molecule has 8 heteroatoms. The van der Waals surface area contributed by atoms with E-state index in [1.54, 1.807) is 24.3 Å². The number of sulfonamides is 1. The molecule has 3 rings (SSSR count). The number of amides is 1. The van der Waals surface area contributed by atoms with E-state index in [1.807, 2.05) is 30.3 Å². The van der Waals surface area contributed by atoms with Crippen molar-refractivity contribution in [1.82, 2.24) is 9.62 Å². The van der Waals surface area contributed by atoms with Crippen LogP contribution in [0.4, 0.5) is 0 Å². The van der Waals surface area contributed by atoms with Gasteiger partial charge in [-0.15, -0.1) is 0 Å². The molecule has 0 bridgehead atoms. The van der Waals surface area contributed by atoms with E-state index in [2.05, 4.69) is 12.2 Å². The van der Waals surface area contributed by atoms with E-state index in [-0.39, 0.29) is 29.9 Å². The van der Waals surface area contributed by atoms with Crippen LogP contribution >= 0.6 is 0 Å². The highest BCUT2D eigenvalue weighted by molar-refractivity contribution is 7.89. The van der Waals surface area contributed by atoms with Crippen molar-refractivity contribution in [3.05, 3.63) is 65.7 Å². The van der Waals surface area contributed by atoms with Gasteiger partial charge in [0.25, 0.3) is 5.91 Å². The highest BCUT2D eigenvalue weighted by atomic mass is 32.2. The summed E-state index contributed by atoms with van der Waals surface area (Å²) in [5.74, 6) is -0.798. The molecule has 1 heterocycles. The average Bonchev–Trinajstić information content (AvgIpc) is 3.38. The van der Waals surface area contributed by atoms with Crippen LogP contribution in [0.25, 0.3) is 0 Å². The average molecular weight is 473 g/mol. The zero-order valence-corrected chi connectivity index (χ0v) is 19.9. The summed E-state index contributed by atoms with van der Waals surface area (Å²) in [7, 11) is -3.44. The molecular formula is C25H32N2O5S. The molecule has 7 nitrogen and oxygen atoms in total. The Bertz CT molecular complexity index is 1020. The molecule has 178 valence electrons. The van der Waals surface area contributed by atoms with Gasteiger partial charge < -0.3 is 10.1 Å². The third-order valence-electron chi connectivity index (χ3n) is 5.72. The minimum atomic E-state index is -3.44. The third-order valence-corrected chi connectivity index (χ3v) is 7.64. The fourth-order valence-corrected chi connectivity index (χ4v) is 5.42. The molecule has 1 unspecified atom stereocenters. The Morgan fingerprint density at radius 2 is 1.70 bits per heavy atom. The Morgan fingerprint density at radius 1 is 1.03 bits per heavy atom. The zero-order valence-electron chi connectivity index (χ0n) is 19.0. The molecule has 1 saturated heterocycles. The van der Waals surface area contributed by atoms with Gasteiger partial charge in [0.2, 0.25) is 10.0 Å². The molecular weight excluding hydrogens is 440 g/mol. The van der Waals surface area contributed by atoms with Crippen LogP contribution in [0.15, 0.2) is 59.5 Å². The third kappa shape index (κ3) is 7.14. The summed E-state index contributed by atoms with van der Waals surface area (Å²) in [6, 6.07) is 16.2. The summed E-state index contributed by atoms with van der Waals surface area (Å²) in [6.45, 7) is 2.86. The van der Waals surface area contributed by atoms with Crippen LogP contribution in [0, 0.1) is 0 Å². The fraction of sp³-hybridized carbons (Fsp3) is 0.440. The van der Waals surface area contributed by atoms with Crippen molar-refractivity contribution in [1.29, 1.82) is 0 Å². The van der Waals surface area contributed by atoms with Gasteiger partial charge in [-0.2, -0.15) is 4.31 Å². The number of nitrogens with one attached hydrogen (secondary N) is 1. The van der Waals surface area contributed by atoms with Gasteiger partial charge in [-0.3, -0.25) is 9.59 Å². The van der Waals surface area contributed by atoms with Gasteiger partial charge in [0.1, 0.15) is 0 Å². The van der Waals surface area contributed by atoms with E-state index in [1.165, 1.54) is 4.31 Å². The van der Waals surface area contributed by atoms with Crippen molar-refractivity contribution in [2.45, 2.75) is 56.4 Å². The summed E-state index contributed by atoms with van der Waals surface area (Å²) in [4.78, 5) is 24.6. The van der Waals surface area contributed by atoms with E-state index in [9.17, 15) is 18.0 Å². The Hall–Kier alpha value is -2.71. The lowest BCUT2D eigenvalue weighted by Gasteiger charge is -2.18. The molecule has 1 fully saturated rings. The number of hydrogen-bond donors (Lipinski definition) is 1. The SMILES string of the molecule is CCCC(NC(=O)COC(=O)CCc1ccc(S(=O)(=O)N2CCCC2)cc1)c1ccccc1. The first-order valence-corrected chi connectivity index (χ1v) is 12.9. The van der Waals surface area contributed by atoms with Crippen molar-refractivity contribution < 1.29 is 22.7 Å². The molecule has 1 amide bonds. The number of rotatable bonds is 11. The van der Waals surface area contributed by atoms with E-state index in [0.717, 1.165) is 36.8 Å². The first kappa shape index (κ1) is 24.9. The molecule has 33 heavy (non-hydrogen) atoms. The van der Waals surface area contributed by atoms with Gasteiger partial charge in [-0.1, -0.05) is 55.8 Å². The van der Waals surface area contributed by atoms with Crippen molar-refractivity contribution >= 4 is 21.9 Å². The highest BCUT2D eigenvalue weighted by Gasteiger charge is 2.26. The highest BCUT2D eigenvalue weighted by Crippen LogP contribution is 2.21. The molecule has 0 saturated carbocycles. The number of ether oxygens (including phenoxy) is 1. The van der Waals surface area contributed by atoms with Crippen molar-refractivity contribution in [3.8, 4) is 0 Å². The van der Waals surface area contributed by atoms with Crippen LogP contribution in [-0.2, 0) is 30.8 Å². The lowest BCUT2D eigenvalue weighted by Crippen LogP contribution is -2.32. The van der Waals surface area contributed by atoms with E-state index >= 15 is 0 Å². The molecule has 1 atom stereocenters. The molecule has 2 aromatic rings. The number of hydrogen-bond acceptors (Lipinski definition) is 5. The van der Waals surface area contributed by atoms with Crippen LogP contribution in [0.1, 0.15) is 56.2 Å². The fourth-order valence-electron chi connectivity index (χ4n) is 3.90. The second kappa shape index (κ2) is 12.0. The van der Waals surface area contributed by atoms with Gasteiger partial charge in [0.15, 0.2) is 6.61 Å². The lowest BCUT2D eigenvalue weighted by atomic mass is 10.0. The second-order valence-corrected chi connectivity index (χ2v) is 10.2. The number of nitrogens with zero attached hydrogens (tertiary/aromatic N) is 1. The number of aryl methyl sites for hydroxylation is 1. The summed E-state index contributed by atoms with van der Waals surface area (Å²) < 4.78 is 31.8. The summed E-state index contributed by atoms with van der Waals surface area (Å²) in [5.41, 5.74) is 1.86. The number of carbonyl (C=O) groups excluding carboxylic acids is 2. The second-order valence-electron chi connectivity index (χ2n) is 8.24. The molecule has 0 spiro atoms. The van der Waals surface area contributed by atoms with Gasteiger partial charge >= 0.3 is 5.97 Å². The quantitative estimate of drug-likeness (QED) is 0.505. The monoisotopic (exact) mass is 472 g/mol. The normalized spacial score (nSPS) is 15.2. The predicted molar refractivity (Wildman–Crippen MR) is 126 cm³/mol. The largest absolute Gasteiger partial charge is 0.456 e. The van der Waals surface area contributed by atoms with Gasteiger partial charge in [0, 0.05) is 19.5 Å². The molecule has 2 aromatic carbocycles. The maximum absolute atomic E-state index is 12.6. The van der Waals surface area contributed by atoms with Crippen LogP contribution in [0.3, 0.4) is 0 Å². The van der Waals surface area contributed by atoms with E-state index in [0.29, 0.717) is 19.5 Å². The molecule has 1 aliphatic rings. The van der Waals surface area contributed by atoms with Gasteiger partial charge in [-0.05, 0) is 48.9 Å². The maximum Gasteiger partial charge on any atom is 0.306 e. The van der Waals surface area contributed by atoms with Crippen LogP contribution in [0.5, 0.6) is 0 Å². The minimum absolute atomic E-state index is 0.113. The van der Waals surface area contributed by atoms with Gasteiger partial charge in [-0.25, -0.2) is 8.42 Å². The Labute approximate surface area is 196 Å². The Balaban J connectivity index is 1.44. The topological polar surface area (TPSA) is 92.8 Å². The summed E-state index contributed by atoms with van der Waals surface area (Å²) in [6.07, 6.45) is 4.02. The molecule has 0 aromatic heterocycles. The van der Waals surface area contributed by atoms with Crippen molar-refractivity contribution in [2.24, 2.45) is 0 Å². The maximum atomic E-state index is 12.6. The minimum Gasteiger partial charge on any atom is -0.456 e. The zero-order chi connectivity index (χ0) is 23.7. The molecule has 1 N–H and O–H groups in total. The van der Waals surface area contributed by atoms with Gasteiger partial charge in [0.05, 0.1) is 10.9 Å². The van der Waals surface area contributed by atoms with E-state index < -0.39 is 16.0 Å². The number of carbonyl (C=O) groups is 2. The summed E-state index contributed by atoms with van der Waals surface area (Å²) in [5, 5.41) is 2.93. The standard InChI is InChI=1S/C25H32N2O5S/c1-2-8-23(21-9-4-3-5-10-21)26-24(28)19-32-25(29)16-13-20-11-14-22(15-12-20)33(30,31)27-17-6-7-18-27/h3-5,9-12,14-15,23H,2,6-8,13,16-19H2,1H3,(H,26,28). The molecule has 0 aliphatic carbocycles. The predicted octanol–water partition coefficient (Wildman–Crippen LogP) is 3.60. The summed E-state index contributed by atoms with van der Waals surface area (Å²) >= 11 is 0. The van der Waals surface area contributed by atoms with Crippen molar-refractivity contribution in [2.75, 3.05) is 19.7 Å². The molecule has 0 radical (unpaired) electrons. The smallest absolute Gasteiger partial charge is 0.306 e. The van der Waals surface area contributed by atoms with Crippen LogP contribution in [0.2, 0.25) is 0 Å². The number of benzene rings is 2. The Morgan fingerprint density at radius 3 is 2.33 bits per heavy atom. The van der Waals surface area contributed by atoms with Crippen LogP contribution in [-0.4, -0.2) is 44.3 Å². The molecule has 1 aliphatic heterocycles. The number of esters is 1.